The van der Waals surface area contributed by atoms with Crippen molar-refractivity contribution in [3.8, 4) is 0 Å². The van der Waals surface area contributed by atoms with Gasteiger partial charge in [0.05, 0.1) is 19.3 Å². The van der Waals surface area contributed by atoms with E-state index in [0.717, 1.165) is 26.0 Å². The third kappa shape index (κ3) is 3.05. The lowest BCUT2D eigenvalue weighted by molar-refractivity contribution is 0.0734. The molecule has 5 nitrogen and oxygen atoms in total. The maximum atomic E-state index is 5.41. The lowest BCUT2D eigenvalue weighted by Crippen LogP contribution is -2.35. The van der Waals surface area contributed by atoms with Gasteiger partial charge >= 0.3 is 0 Å². The SMILES string of the molecule is Cc1ccccc1CCc1nc(C2COCCN2)no1. The van der Waals surface area contributed by atoms with Crippen LogP contribution in [-0.4, -0.2) is 29.9 Å². The van der Waals surface area contributed by atoms with Crippen LogP contribution in [0.15, 0.2) is 28.8 Å². The molecule has 1 saturated heterocycles. The van der Waals surface area contributed by atoms with E-state index in [4.69, 9.17) is 9.26 Å². The number of nitrogens with one attached hydrogen (secondary N) is 1. The number of hydrogen-bond acceptors (Lipinski definition) is 5. The fourth-order valence-electron chi connectivity index (χ4n) is 2.37. The van der Waals surface area contributed by atoms with Crippen LogP contribution in [0.2, 0.25) is 0 Å². The van der Waals surface area contributed by atoms with Gasteiger partial charge in [-0.3, -0.25) is 0 Å². The first-order chi connectivity index (χ1) is 9.83. The molecule has 1 atom stereocenters. The van der Waals surface area contributed by atoms with E-state index in [1.54, 1.807) is 0 Å². The summed E-state index contributed by atoms with van der Waals surface area (Å²) in [5.41, 5.74) is 2.63. The Morgan fingerprint density at radius 2 is 2.20 bits per heavy atom. The van der Waals surface area contributed by atoms with E-state index in [-0.39, 0.29) is 6.04 Å². The molecule has 5 heteroatoms. The summed E-state index contributed by atoms with van der Waals surface area (Å²) in [5.74, 6) is 1.39. The molecule has 3 rings (SSSR count). The quantitative estimate of drug-likeness (QED) is 0.920. The molecule has 1 aliphatic heterocycles. The Kier molecular flexibility index (Phi) is 4.08. The highest BCUT2D eigenvalue weighted by molar-refractivity contribution is 5.25. The second-order valence-electron chi connectivity index (χ2n) is 5.05. The predicted octanol–water partition coefficient (Wildman–Crippen LogP) is 1.82. The molecular weight excluding hydrogens is 254 g/mol. The fourth-order valence-corrected chi connectivity index (χ4v) is 2.37. The Hall–Kier alpha value is -1.72. The topological polar surface area (TPSA) is 60.2 Å². The number of nitrogens with zero attached hydrogens (tertiary/aromatic N) is 2. The zero-order valence-corrected chi connectivity index (χ0v) is 11.6. The molecule has 0 amide bonds. The molecule has 1 N–H and O–H groups in total. The molecule has 1 aliphatic rings. The molecule has 1 aromatic heterocycles. The van der Waals surface area contributed by atoms with Gasteiger partial charge in [0.15, 0.2) is 5.82 Å². The van der Waals surface area contributed by atoms with Crippen molar-refractivity contribution in [2.24, 2.45) is 0 Å². The highest BCUT2D eigenvalue weighted by atomic mass is 16.5. The van der Waals surface area contributed by atoms with Crippen LogP contribution in [0.5, 0.6) is 0 Å². The molecule has 0 saturated carbocycles. The van der Waals surface area contributed by atoms with E-state index < -0.39 is 0 Å². The van der Waals surface area contributed by atoms with Gasteiger partial charge in [0.1, 0.15) is 0 Å². The average Bonchev–Trinajstić information content (AvgIpc) is 2.96. The van der Waals surface area contributed by atoms with Crippen molar-refractivity contribution < 1.29 is 9.26 Å². The zero-order valence-electron chi connectivity index (χ0n) is 11.6. The largest absolute Gasteiger partial charge is 0.378 e. The summed E-state index contributed by atoms with van der Waals surface area (Å²) < 4.78 is 10.7. The van der Waals surface area contributed by atoms with Crippen molar-refractivity contribution >= 4 is 0 Å². The number of benzene rings is 1. The van der Waals surface area contributed by atoms with Crippen molar-refractivity contribution in [1.82, 2.24) is 15.5 Å². The highest BCUT2D eigenvalue weighted by Gasteiger charge is 2.20. The summed E-state index contributed by atoms with van der Waals surface area (Å²) in [5, 5.41) is 7.37. The smallest absolute Gasteiger partial charge is 0.227 e. The van der Waals surface area contributed by atoms with Gasteiger partial charge in [-0.2, -0.15) is 4.98 Å². The van der Waals surface area contributed by atoms with Crippen LogP contribution < -0.4 is 5.32 Å². The number of aryl methyl sites for hydroxylation is 3. The van der Waals surface area contributed by atoms with Gasteiger partial charge in [-0.1, -0.05) is 29.4 Å². The monoisotopic (exact) mass is 273 g/mol. The van der Waals surface area contributed by atoms with Crippen LogP contribution in [0.3, 0.4) is 0 Å². The number of aromatic nitrogens is 2. The summed E-state index contributed by atoms with van der Waals surface area (Å²) in [6.45, 7) is 4.31. The maximum Gasteiger partial charge on any atom is 0.227 e. The summed E-state index contributed by atoms with van der Waals surface area (Å²) in [6, 6.07) is 8.43. The van der Waals surface area contributed by atoms with Crippen molar-refractivity contribution in [3.05, 3.63) is 47.1 Å². The molecule has 0 radical (unpaired) electrons. The van der Waals surface area contributed by atoms with Gasteiger partial charge < -0.3 is 14.6 Å². The molecule has 0 aliphatic carbocycles. The van der Waals surface area contributed by atoms with Crippen LogP contribution >= 0.6 is 0 Å². The third-order valence-corrected chi connectivity index (χ3v) is 3.59. The first-order valence-electron chi connectivity index (χ1n) is 7.01. The van der Waals surface area contributed by atoms with Gasteiger partial charge in [0.25, 0.3) is 0 Å². The predicted molar refractivity (Wildman–Crippen MR) is 74.4 cm³/mol. The van der Waals surface area contributed by atoms with Crippen LogP contribution in [0, 0.1) is 6.92 Å². The van der Waals surface area contributed by atoms with E-state index in [9.17, 15) is 0 Å². The van der Waals surface area contributed by atoms with Crippen molar-refractivity contribution in [3.63, 3.8) is 0 Å². The number of morpholine rings is 1. The lowest BCUT2D eigenvalue weighted by Gasteiger charge is -2.20. The normalized spacial score (nSPS) is 19.1. The molecule has 2 aromatic rings. The second-order valence-corrected chi connectivity index (χ2v) is 5.05. The van der Waals surface area contributed by atoms with E-state index in [1.807, 2.05) is 0 Å². The van der Waals surface area contributed by atoms with Gasteiger partial charge in [-0.25, -0.2) is 0 Å². The Morgan fingerprint density at radius 3 is 3.00 bits per heavy atom. The van der Waals surface area contributed by atoms with Gasteiger partial charge in [0, 0.05) is 13.0 Å². The summed E-state index contributed by atoms with van der Waals surface area (Å²) in [7, 11) is 0. The first kappa shape index (κ1) is 13.3. The fraction of sp³-hybridized carbons (Fsp3) is 0.467. The van der Waals surface area contributed by atoms with E-state index in [2.05, 4.69) is 46.6 Å². The average molecular weight is 273 g/mol. The number of hydrogen-bond donors (Lipinski definition) is 1. The lowest BCUT2D eigenvalue weighted by atomic mass is 10.0. The highest BCUT2D eigenvalue weighted by Crippen LogP contribution is 2.14. The Morgan fingerprint density at radius 1 is 1.30 bits per heavy atom. The number of rotatable bonds is 4. The standard InChI is InChI=1S/C15H19N3O2/c1-11-4-2-3-5-12(11)6-7-14-17-15(18-20-14)13-10-19-9-8-16-13/h2-5,13,16H,6-10H2,1H3. The minimum absolute atomic E-state index is 0.0553. The molecule has 106 valence electrons. The number of ether oxygens (including phenoxy) is 1. The minimum Gasteiger partial charge on any atom is -0.378 e. The second kappa shape index (κ2) is 6.15. The zero-order chi connectivity index (χ0) is 13.8. The molecule has 2 heterocycles. The maximum absolute atomic E-state index is 5.41. The first-order valence-corrected chi connectivity index (χ1v) is 7.01. The van der Waals surface area contributed by atoms with E-state index in [1.165, 1.54) is 11.1 Å². The molecular formula is C15H19N3O2. The van der Waals surface area contributed by atoms with E-state index in [0.29, 0.717) is 18.3 Å². The van der Waals surface area contributed by atoms with Gasteiger partial charge in [-0.05, 0) is 24.5 Å². The Balaban J connectivity index is 1.61. The third-order valence-electron chi connectivity index (χ3n) is 3.59. The Labute approximate surface area is 118 Å². The van der Waals surface area contributed by atoms with Gasteiger partial charge in [-0.15, -0.1) is 0 Å². The van der Waals surface area contributed by atoms with Crippen molar-refractivity contribution in [2.75, 3.05) is 19.8 Å². The molecule has 0 bridgehead atoms. The summed E-state index contributed by atoms with van der Waals surface area (Å²) >= 11 is 0. The van der Waals surface area contributed by atoms with Crippen molar-refractivity contribution in [2.45, 2.75) is 25.8 Å². The van der Waals surface area contributed by atoms with Crippen molar-refractivity contribution in [1.29, 1.82) is 0 Å². The summed E-state index contributed by atoms with van der Waals surface area (Å²) in [6.07, 6.45) is 1.69. The molecule has 1 fully saturated rings. The van der Waals surface area contributed by atoms with Crippen LogP contribution in [-0.2, 0) is 17.6 Å². The molecule has 1 aromatic carbocycles. The summed E-state index contributed by atoms with van der Waals surface area (Å²) in [4.78, 5) is 4.46. The molecule has 20 heavy (non-hydrogen) atoms. The van der Waals surface area contributed by atoms with Crippen LogP contribution in [0.1, 0.15) is 28.9 Å². The van der Waals surface area contributed by atoms with E-state index >= 15 is 0 Å². The minimum atomic E-state index is 0.0553. The molecule has 1 unspecified atom stereocenters. The van der Waals surface area contributed by atoms with Crippen LogP contribution in [0.25, 0.3) is 0 Å². The molecule has 0 spiro atoms. The van der Waals surface area contributed by atoms with Crippen LogP contribution in [0.4, 0.5) is 0 Å². The van der Waals surface area contributed by atoms with Gasteiger partial charge in [0.2, 0.25) is 5.89 Å². The Bertz CT molecular complexity index is 562.